The van der Waals surface area contributed by atoms with E-state index in [2.05, 4.69) is 75.6 Å². The van der Waals surface area contributed by atoms with Crippen molar-refractivity contribution in [2.45, 2.75) is 39.2 Å². The molecule has 2 N–H and O–H groups in total. The van der Waals surface area contributed by atoms with E-state index in [1.165, 1.54) is 12.1 Å². The van der Waals surface area contributed by atoms with Crippen molar-refractivity contribution in [3.05, 3.63) is 36.4 Å². The van der Waals surface area contributed by atoms with E-state index in [0.29, 0.717) is 29.4 Å². The van der Waals surface area contributed by atoms with Gasteiger partial charge < -0.3 is 30.1 Å². The molecular formula is C27H39N7OS. The molecule has 3 aliphatic heterocycles. The highest BCUT2D eigenvalue weighted by Gasteiger charge is 2.26. The Bertz CT molecular complexity index is 998. The van der Waals surface area contributed by atoms with Crippen molar-refractivity contribution in [2.75, 3.05) is 72.4 Å². The summed E-state index contributed by atoms with van der Waals surface area (Å²) >= 11 is 5.59. The lowest BCUT2D eigenvalue weighted by Crippen LogP contribution is -2.47. The maximum absolute atomic E-state index is 5.71. The van der Waals surface area contributed by atoms with Crippen molar-refractivity contribution < 1.29 is 4.74 Å². The summed E-state index contributed by atoms with van der Waals surface area (Å²) in [6, 6.07) is 12.8. The second-order valence-electron chi connectivity index (χ2n) is 10.5. The molecule has 0 aliphatic carbocycles. The molecule has 36 heavy (non-hydrogen) atoms. The van der Waals surface area contributed by atoms with Crippen molar-refractivity contribution in [3.63, 3.8) is 0 Å². The summed E-state index contributed by atoms with van der Waals surface area (Å²) in [5.41, 5.74) is 1.28. The summed E-state index contributed by atoms with van der Waals surface area (Å²) < 4.78 is 5.71. The van der Waals surface area contributed by atoms with Crippen LogP contribution in [0.4, 0.5) is 23.3 Å². The zero-order chi connectivity index (χ0) is 24.9. The first-order valence-corrected chi connectivity index (χ1v) is 13.8. The molecule has 0 spiro atoms. The zero-order valence-corrected chi connectivity index (χ0v) is 22.3. The molecule has 2 aromatic rings. The second-order valence-corrected chi connectivity index (χ2v) is 10.9. The lowest BCUT2D eigenvalue weighted by molar-refractivity contribution is 0.114. The Balaban J connectivity index is 1.31. The molecule has 0 radical (unpaired) electrons. The molecule has 194 valence electrons. The normalized spacial score (nSPS) is 24.6. The van der Waals surface area contributed by atoms with Crippen molar-refractivity contribution in [1.29, 1.82) is 0 Å². The lowest BCUT2D eigenvalue weighted by Gasteiger charge is -2.38. The van der Waals surface area contributed by atoms with Crippen LogP contribution in [0.5, 0.6) is 0 Å². The number of rotatable bonds is 6. The third kappa shape index (κ3) is 6.37. The Hall–Kier alpha value is -2.65. The fraction of sp³-hybridized carbons (Fsp3) is 0.593. The minimum atomic E-state index is 0.227. The maximum atomic E-state index is 5.71. The first-order valence-electron chi connectivity index (χ1n) is 13.4. The third-order valence-electron chi connectivity index (χ3n) is 7.36. The largest absolute Gasteiger partial charge is 0.376 e. The average Bonchev–Trinajstić information content (AvgIpc) is 3.41. The quantitative estimate of drug-likeness (QED) is 0.567. The molecule has 3 atom stereocenters. The summed E-state index contributed by atoms with van der Waals surface area (Å²) in [6.45, 7) is 12.0. The SMILES string of the molecule is C[C@@H]1C[C@H](C)CN(c2cc(N3CCN(c4ccccc4)CC3)nc(NC(=S)NC[C@H]3CCCO3)n2)C1. The van der Waals surface area contributed by atoms with E-state index in [4.69, 9.17) is 26.9 Å². The fourth-order valence-corrected chi connectivity index (χ4v) is 5.82. The highest BCUT2D eigenvalue weighted by atomic mass is 32.1. The lowest BCUT2D eigenvalue weighted by atomic mass is 9.92. The topological polar surface area (TPSA) is 68.8 Å². The number of para-hydroxylation sites is 1. The van der Waals surface area contributed by atoms with Crippen LogP contribution in [0.2, 0.25) is 0 Å². The van der Waals surface area contributed by atoms with Gasteiger partial charge in [-0.05, 0) is 55.4 Å². The number of hydrogen-bond donors (Lipinski definition) is 2. The highest BCUT2D eigenvalue weighted by molar-refractivity contribution is 7.80. The van der Waals surface area contributed by atoms with E-state index >= 15 is 0 Å². The number of hydrogen-bond acceptors (Lipinski definition) is 7. The number of piperidine rings is 1. The number of benzene rings is 1. The minimum absolute atomic E-state index is 0.227. The predicted molar refractivity (Wildman–Crippen MR) is 151 cm³/mol. The van der Waals surface area contributed by atoms with Crippen LogP contribution in [0.15, 0.2) is 36.4 Å². The van der Waals surface area contributed by atoms with Gasteiger partial charge in [0.05, 0.1) is 6.10 Å². The van der Waals surface area contributed by atoms with E-state index in [0.717, 1.165) is 70.4 Å². The highest BCUT2D eigenvalue weighted by Crippen LogP contribution is 2.29. The Morgan fingerprint density at radius 1 is 0.972 bits per heavy atom. The number of nitrogens with one attached hydrogen (secondary N) is 2. The smallest absolute Gasteiger partial charge is 0.232 e. The van der Waals surface area contributed by atoms with Gasteiger partial charge in [0.2, 0.25) is 5.95 Å². The molecule has 3 fully saturated rings. The van der Waals surface area contributed by atoms with E-state index in [9.17, 15) is 0 Å². The van der Waals surface area contributed by atoms with Crippen LogP contribution in [0.3, 0.4) is 0 Å². The number of nitrogens with zero attached hydrogens (tertiary/aromatic N) is 5. The molecule has 0 bridgehead atoms. The van der Waals surface area contributed by atoms with Crippen LogP contribution >= 0.6 is 12.2 Å². The average molecular weight is 510 g/mol. The minimum Gasteiger partial charge on any atom is -0.376 e. The van der Waals surface area contributed by atoms with Crippen LogP contribution in [-0.4, -0.2) is 73.6 Å². The van der Waals surface area contributed by atoms with Gasteiger partial charge in [-0.3, -0.25) is 0 Å². The summed E-state index contributed by atoms with van der Waals surface area (Å²) in [7, 11) is 0. The van der Waals surface area contributed by atoms with Gasteiger partial charge in [0.15, 0.2) is 5.11 Å². The summed E-state index contributed by atoms with van der Waals surface area (Å²) in [5.74, 6) is 3.79. The molecule has 0 unspecified atom stereocenters. The van der Waals surface area contributed by atoms with Crippen LogP contribution in [0.25, 0.3) is 0 Å². The number of ether oxygens (including phenoxy) is 1. The standard InChI is InChI=1S/C27H39N7OS/c1-20-15-21(2)19-34(18-20)25-16-24(33-12-10-32(11-13-33)22-7-4-3-5-8-22)29-26(30-25)31-27(36)28-17-23-9-6-14-35-23/h3-5,7-8,16,20-21,23H,6,9-15,17-19H2,1-2H3,(H2,28,29,30,31,36)/t20-,21+,23-/m1/s1. The monoisotopic (exact) mass is 509 g/mol. The van der Waals surface area contributed by atoms with E-state index < -0.39 is 0 Å². The Kier molecular flexibility index (Phi) is 8.06. The van der Waals surface area contributed by atoms with Gasteiger partial charge in [0, 0.05) is 64.2 Å². The summed E-state index contributed by atoms with van der Waals surface area (Å²) in [5, 5.41) is 7.10. The van der Waals surface area contributed by atoms with E-state index in [1.54, 1.807) is 0 Å². The van der Waals surface area contributed by atoms with Crippen molar-refractivity contribution in [1.82, 2.24) is 15.3 Å². The van der Waals surface area contributed by atoms with Gasteiger partial charge in [-0.25, -0.2) is 0 Å². The van der Waals surface area contributed by atoms with Gasteiger partial charge in [-0.15, -0.1) is 0 Å². The predicted octanol–water partition coefficient (Wildman–Crippen LogP) is 3.75. The maximum Gasteiger partial charge on any atom is 0.232 e. The molecular weight excluding hydrogens is 470 g/mol. The zero-order valence-electron chi connectivity index (χ0n) is 21.5. The molecule has 1 aromatic heterocycles. The van der Waals surface area contributed by atoms with Gasteiger partial charge in [-0.1, -0.05) is 32.0 Å². The third-order valence-corrected chi connectivity index (χ3v) is 7.60. The second kappa shape index (κ2) is 11.6. The number of thiocarbonyl (C=S) groups is 1. The Labute approximate surface area is 220 Å². The number of anilines is 4. The summed E-state index contributed by atoms with van der Waals surface area (Å²) in [6.07, 6.45) is 3.68. The van der Waals surface area contributed by atoms with Gasteiger partial charge in [0.1, 0.15) is 11.6 Å². The molecule has 0 amide bonds. The van der Waals surface area contributed by atoms with Gasteiger partial charge in [0.25, 0.3) is 0 Å². The first-order chi connectivity index (χ1) is 17.5. The van der Waals surface area contributed by atoms with Crippen molar-refractivity contribution in [2.24, 2.45) is 11.8 Å². The Morgan fingerprint density at radius 2 is 1.64 bits per heavy atom. The molecule has 1 aromatic carbocycles. The molecule has 4 heterocycles. The Morgan fingerprint density at radius 3 is 2.31 bits per heavy atom. The van der Waals surface area contributed by atoms with Crippen molar-refractivity contribution >= 4 is 40.6 Å². The number of piperazine rings is 1. The molecule has 8 nitrogen and oxygen atoms in total. The fourth-order valence-electron chi connectivity index (χ4n) is 5.64. The van der Waals surface area contributed by atoms with Crippen LogP contribution in [0, 0.1) is 11.8 Å². The van der Waals surface area contributed by atoms with E-state index in [1.807, 2.05) is 0 Å². The molecule has 5 rings (SSSR count). The molecule has 3 saturated heterocycles. The number of aromatic nitrogens is 2. The van der Waals surface area contributed by atoms with Gasteiger partial charge >= 0.3 is 0 Å². The summed E-state index contributed by atoms with van der Waals surface area (Å²) in [4.78, 5) is 17.0. The van der Waals surface area contributed by atoms with Crippen molar-refractivity contribution in [3.8, 4) is 0 Å². The van der Waals surface area contributed by atoms with Crippen LogP contribution in [0.1, 0.15) is 33.1 Å². The van der Waals surface area contributed by atoms with E-state index in [-0.39, 0.29) is 6.10 Å². The van der Waals surface area contributed by atoms with Gasteiger partial charge in [-0.2, -0.15) is 9.97 Å². The van der Waals surface area contributed by atoms with Crippen LogP contribution in [-0.2, 0) is 4.74 Å². The first kappa shape index (κ1) is 25.0. The molecule has 0 saturated carbocycles. The van der Waals surface area contributed by atoms with Crippen LogP contribution < -0.4 is 25.3 Å². The molecule has 3 aliphatic rings. The molecule has 9 heteroatoms.